The van der Waals surface area contributed by atoms with Crippen LogP contribution >= 0.6 is 7.37 Å². The van der Waals surface area contributed by atoms with Gasteiger partial charge in [-0.2, -0.15) is 0 Å². The number of benzene rings is 3. The Balaban J connectivity index is 2.08. The second kappa shape index (κ2) is 10.8. The van der Waals surface area contributed by atoms with E-state index in [0.717, 1.165) is 34.2 Å². The van der Waals surface area contributed by atoms with Crippen LogP contribution in [-0.4, -0.2) is 20.7 Å². The molecular formula is C27H35N2O2P. The molecule has 0 aliphatic carbocycles. The van der Waals surface area contributed by atoms with Crippen molar-refractivity contribution < 1.29 is 9.09 Å². The van der Waals surface area contributed by atoms with Crippen molar-refractivity contribution in [2.75, 3.05) is 30.9 Å². The van der Waals surface area contributed by atoms with Gasteiger partial charge in [-0.15, -0.1) is 0 Å². The third-order valence-corrected chi connectivity index (χ3v) is 8.21. The van der Waals surface area contributed by atoms with E-state index in [2.05, 4.69) is 38.2 Å². The highest BCUT2D eigenvalue weighted by atomic mass is 31.2. The Kier molecular flexibility index (Phi) is 8.17. The number of hydrogen-bond acceptors (Lipinski definition) is 4. The smallest absolute Gasteiger partial charge is 0.258 e. The quantitative estimate of drug-likeness (QED) is 0.344. The van der Waals surface area contributed by atoms with Gasteiger partial charge in [-0.25, -0.2) is 0 Å². The third-order valence-electron chi connectivity index (χ3n) is 5.51. The molecule has 5 heteroatoms. The van der Waals surface area contributed by atoms with Gasteiger partial charge in [0.15, 0.2) is 0 Å². The molecule has 2 atom stereocenters. The number of para-hydroxylation sites is 1. The number of rotatable bonds is 10. The Morgan fingerprint density at radius 2 is 1.53 bits per heavy atom. The van der Waals surface area contributed by atoms with Gasteiger partial charge in [-0.1, -0.05) is 61.9 Å². The highest BCUT2D eigenvalue weighted by Crippen LogP contribution is 2.59. The molecule has 4 nitrogen and oxygen atoms in total. The van der Waals surface area contributed by atoms with Gasteiger partial charge in [0.2, 0.25) is 0 Å². The average molecular weight is 451 g/mol. The van der Waals surface area contributed by atoms with E-state index >= 15 is 0 Å². The van der Waals surface area contributed by atoms with E-state index in [9.17, 15) is 4.57 Å². The third kappa shape index (κ3) is 6.03. The van der Waals surface area contributed by atoms with Gasteiger partial charge in [0.25, 0.3) is 7.37 Å². The summed E-state index contributed by atoms with van der Waals surface area (Å²) in [5.74, 6) is -0.0256. The number of hydrogen-bond donors (Lipinski definition) is 1. The Hall–Kier alpha value is -2.55. The molecule has 3 rings (SSSR count). The second-order valence-electron chi connectivity index (χ2n) is 8.85. The first kappa shape index (κ1) is 24.1. The van der Waals surface area contributed by atoms with Crippen molar-refractivity contribution in [1.82, 2.24) is 0 Å². The van der Waals surface area contributed by atoms with Crippen LogP contribution in [0.15, 0.2) is 78.9 Å². The highest BCUT2D eigenvalue weighted by Gasteiger charge is 2.38. The van der Waals surface area contributed by atoms with Gasteiger partial charge in [-0.3, -0.25) is 4.57 Å². The van der Waals surface area contributed by atoms with Crippen LogP contribution < -0.4 is 15.5 Å². The molecular weight excluding hydrogens is 415 g/mol. The first-order valence-corrected chi connectivity index (χ1v) is 12.9. The van der Waals surface area contributed by atoms with Crippen molar-refractivity contribution in [2.45, 2.75) is 33.0 Å². The van der Waals surface area contributed by atoms with E-state index in [1.165, 1.54) is 0 Å². The van der Waals surface area contributed by atoms with Crippen LogP contribution in [0.3, 0.4) is 0 Å². The molecule has 0 saturated heterocycles. The lowest BCUT2D eigenvalue weighted by molar-refractivity contribution is 0.290. The first-order valence-electron chi connectivity index (χ1n) is 11.2. The Bertz CT molecular complexity index is 1020. The fraction of sp³-hybridized carbons (Fsp3) is 0.333. The van der Waals surface area contributed by atoms with E-state index in [1.54, 1.807) is 0 Å². The molecule has 3 aromatic rings. The summed E-state index contributed by atoms with van der Waals surface area (Å²) >= 11 is 0. The molecule has 0 fully saturated rings. The minimum Gasteiger partial charge on any atom is -0.378 e. The Labute approximate surface area is 193 Å². The molecule has 0 heterocycles. The highest BCUT2D eigenvalue weighted by molar-refractivity contribution is 7.67. The molecule has 32 heavy (non-hydrogen) atoms. The number of anilines is 2. The number of aryl methyl sites for hydroxylation is 1. The van der Waals surface area contributed by atoms with Crippen LogP contribution in [0.25, 0.3) is 0 Å². The molecule has 0 unspecified atom stereocenters. The summed E-state index contributed by atoms with van der Waals surface area (Å²) in [5.41, 5.74) is 4.09. The van der Waals surface area contributed by atoms with Gasteiger partial charge in [0.1, 0.15) is 5.78 Å². The molecule has 0 saturated carbocycles. The molecule has 0 aliphatic heterocycles. The van der Waals surface area contributed by atoms with Crippen LogP contribution in [0.1, 0.15) is 37.2 Å². The SMILES string of the molecule is Cc1ccc([C@@H](Nc2ccccc2)[P@](=O)(OCCC(C)C)c2ccc(N(C)C)cc2)cc1. The van der Waals surface area contributed by atoms with Crippen LogP contribution in [-0.2, 0) is 9.09 Å². The summed E-state index contributed by atoms with van der Waals surface area (Å²) in [6.45, 7) is 6.81. The molecule has 0 spiro atoms. The maximum absolute atomic E-state index is 14.8. The zero-order valence-electron chi connectivity index (χ0n) is 19.8. The van der Waals surface area contributed by atoms with E-state index in [0.29, 0.717) is 12.5 Å². The minimum atomic E-state index is -3.32. The lowest BCUT2D eigenvalue weighted by Crippen LogP contribution is -2.21. The molecule has 170 valence electrons. The molecule has 0 radical (unpaired) electrons. The first-order chi connectivity index (χ1) is 15.3. The predicted octanol–water partition coefficient (Wildman–Crippen LogP) is 6.84. The van der Waals surface area contributed by atoms with Crippen LogP contribution in [0, 0.1) is 12.8 Å². The zero-order valence-corrected chi connectivity index (χ0v) is 20.7. The lowest BCUT2D eigenvalue weighted by Gasteiger charge is -2.30. The van der Waals surface area contributed by atoms with Crippen molar-refractivity contribution in [3.05, 3.63) is 90.0 Å². The second-order valence-corrected chi connectivity index (χ2v) is 11.3. The van der Waals surface area contributed by atoms with Gasteiger partial charge >= 0.3 is 0 Å². The fourth-order valence-electron chi connectivity index (χ4n) is 3.49. The maximum Gasteiger partial charge on any atom is 0.258 e. The predicted molar refractivity (Wildman–Crippen MR) is 137 cm³/mol. The van der Waals surface area contributed by atoms with Crippen LogP contribution in [0.2, 0.25) is 0 Å². The fourth-order valence-corrected chi connectivity index (χ4v) is 5.91. The summed E-state index contributed by atoms with van der Waals surface area (Å²) in [5, 5.41) is 4.25. The van der Waals surface area contributed by atoms with E-state index in [1.807, 2.05) is 85.7 Å². The molecule has 3 aromatic carbocycles. The van der Waals surface area contributed by atoms with Gasteiger partial charge in [0.05, 0.1) is 6.61 Å². The van der Waals surface area contributed by atoms with Gasteiger partial charge in [0, 0.05) is 30.8 Å². The Morgan fingerprint density at radius 1 is 0.906 bits per heavy atom. The topological polar surface area (TPSA) is 41.6 Å². The summed E-state index contributed by atoms with van der Waals surface area (Å²) in [7, 11) is 0.679. The number of nitrogens with zero attached hydrogens (tertiary/aromatic N) is 1. The summed E-state index contributed by atoms with van der Waals surface area (Å²) in [6, 6.07) is 26.0. The van der Waals surface area contributed by atoms with Gasteiger partial charge < -0.3 is 14.7 Å². The standard InChI is InChI=1S/C27H35N2O2P/c1-21(2)19-20-31-32(30,26-17-15-25(16-18-26)29(4)5)27(23-13-11-22(3)12-14-23)28-24-9-7-6-8-10-24/h6-18,21,27-28H,19-20H2,1-5H3/t27-,32+/m0/s1. The molecule has 0 amide bonds. The van der Waals surface area contributed by atoms with Gasteiger partial charge in [-0.05, 0) is 61.2 Å². The van der Waals surface area contributed by atoms with E-state index in [-0.39, 0.29) is 0 Å². The van der Waals surface area contributed by atoms with Crippen molar-refractivity contribution in [1.29, 1.82) is 0 Å². The van der Waals surface area contributed by atoms with Crippen molar-refractivity contribution >= 4 is 24.0 Å². The van der Waals surface area contributed by atoms with E-state index in [4.69, 9.17) is 4.52 Å². The summed E-state index contributed by atoms with van der Waals surface area (Å²) < 4.78 is 21.1. The monoisotopic (exact) mass is 450 g/mol. The largest absolute Gasteiger partial charge is 0.378 e. The van der Waals surface area contributed by atoms with Crippen LogP contribution in [0.4, 0.5) is 11.4 Å². The summed E-state index contributed by atoms with van der Waals surface area (Å²) in [4.78, 5) is 2.04. The zero-order chi connectivity index (χ0) is 23.1. The van der Waals surface area contributed by atoms with Crippen molar-refractivity contribution in [3.63, 3.8) is 0 Å². The normalized spacial score (nSPS) is 14.1. The number of nitrogens with one attached hydrogen (secondary N) is 1. The van der Waals surface area contributed by atoms with Crippen molar-refractivity contribution in [3.8, 4) is 0 Å². The Morgan fingerprint density at radius 3 is 2.09 bits per heavy atom. The molecule has 0 aromatic heterocycles. The molecule has 0 bridgehead atoms. The van der Waals surface area contributed by atoms with Crippen LogP contribution in [0.5, 0.6) is 0 Å². The maximum atomic E-state index is 14.8. The average Bonchev–Trinajstić information content (AvgIpc) is 2.78. The molecule has 0 aliphatic rings. The van der Waals surface area contributed by atoms with E-state index < -0.39 is 13.2 Å². The molecule has 1 N–H and O–H groups in total. The lowest BCUT2D eigenvalue weighted by atomic mass is 10.1. The van der Waals surface area contributed by atoms with Crippen molar-refractivity contribution in [2.24, 2.45) is 5.92 Å². The summed E-state index contributed by atoms with van der Waals surface area (Å²) in [6.07, 6.45) is 0.853. The minimum absolute atomic E-state index is 0.448.